The maximum atomic E-state index is 13.1. The zero-order valence-electron chi connectivity index (χ0n) is 11.6. The lowest BCUT2D eigenvalue weighted by molar-refractivity contribution is -0.115. The van der Waals surface area contributed by atoms with Crippen LogP contribution in [0.15, 0.2) is 65.2 Å². The van der Waals surface area contributed by atoms with Crippen molar-refractivity contribution < 1.29 is 13.7 Å². The minimum absolute atomic E-state index is 0.0623. The Hall–Kier alpha value is -2.95. The predicted molar refractivity (Wildman–Crippen MR) is 80.7 cm³/mol. The van der Waals surface area contributed by atoms with Crippen LogP contribution in [-0.4, -0.2) is 11.1 Å². The number of nitrogens with one attached hydrogen (secondary N) is 1. The van der Waals surface area contributed by atoms with Crippen molar-refractivity contribution in [3.63, 3.8) is 0 Å². The molecule has 5 heteroatoms. The predicted octanol–water partition coefficient (Wildman–Crippen LogP) is 3.66. The fraction of sp³-hybridized carbons (Fsp3) is 0.0588. The molecular formula is C17H13FN2O2. The van der Waals surface area contributed by atoms with E-state index in [2.05, 4.69) is 10.5 Å². The maximum absolute atomic E-state index is 13.1. The van der Waals surface area contributed by atoms with Crippen LogP contribution in [0.5, 0.6) is 0 Å². The Bertz CT molecular complexity index is 784. The first-order valence-corrected chi connectivity index (χ1v) is 6.77. The largest absolute Gasteiger partial charge is 0.356 e. The fourth-order valence-electron chi connectivity index (χ4n) is 2.07. The zero-order chi connectivity index (χ0) is 15.4. The third-order valence-corrected chi connectivity index (χ3v) is 3.07. The van der Waals surface area contributed by atoms with Gasteiger partial charge in [0.2, 0.25) is 5.91 Å². The molecule has 2 aromatic carbocycles. The molecule has 0 unspecified atom stereocenters. The highest BCUT2D eigenvalue weighted by atomic mass is 19.1. The number of aromatic nitrogens is 1. The Balaban J connectivity index is 1.66. The molecule has 0 aliphatic heterocycles. The van der Waals surface area contributed by atoms with Crippen molar-refractivity contribution in [2.45, 2.75) is 6.42 Å². The number of carbonyl (C=O) groups excluding carboxylic acids is 1. The van der Waals surface area contributed by atoms with Crippen molar-refractivity contribution in [2.75, 3.05) is 5.32 Å². The monoisotopic (exact) mass is 296 g/mol. The highest BCUT2D eigenvalue weighted by Crippen LogP contribution is 2.20. The number of rotatable bonds is 4. The summed E-state index contributed by atoms with van der Waals surface area (Å²) < 4.78 is 18.3. The van der Waals surface area contributed by atoms with E-state index in [1.54, 1.807) is 12.1 Å². The highest BCUT2D eigenvalue weighted by Gasteiger charge is 2.11. The summed E-state index contributed by atoms with van der Waals surface area (Å²) in [5, 5.41) is 6.50. The standard InChI is InChI=1S/C17H13FN2O2/c18-13-7-4-8-14(9-13)19-17(21)11-15-10-16(22-20-15)12-5-2-1-3-6-12/h1-10H,11H2,(H,19,21). The average molecular weight is 296 g/mol. The van der Waals surface area contributed by atoms with Crippen molar-refractivity contribution >= 4 is 11.6 Å². The lowest BCUT2D eigenvalue weighted by Crippen LogP contribution is -2.14. The van der Waals surface area contributed by atoms with Gasteiger partial charge in [0.05, 0.1) is 12.1 Å². The van der Waals surface area contributed by atoms with Crippen LogP contribution in [0.1, 0.15) is 5.69 Å². The molecule has 1 aromatic heterocycles. The Morgan fingerprint density at radius 2 is 1.91 bits per heavy atom. The third kappa shape index (κ3) is 3.38. The molecule has 0 atom stereocenters. The van der Waals surface area contributed by atoms with Gasteiger partial charge in [-0.15, -0.1) is 0 Å². The molecule has 22 heavy (non-hydrogen) atoms. The van der Waals surface area contributed by atoms with Gasteiger partial charge in [-0.3, -0.25) is 4.79 Å². The van der Waals surface area contributed by atoms with Crippen LogP contribution < -0.4 is 5.32 Å². The first-order valence-electron chi connectivity index (χ1n) is 6.77. The Labute approximate surface area is 126 Å². The summed E-state index contributed by atoms with van der Waals surface area (Å²) in [5.41, 5.74) is 1.83. The van der Waals surface area contributed by atoms with E-state index in [4.69, 9.17) is 4.52 Å². The van der Waals surface area contributed by atoms with Crippen LogP contribution in [0, 0.1) is 5.82 Å². The molecule has 0 aliphatic rings. The summed E-state index contributed by atoms with van der Waals surface area (Å²) in [6, 6.07) is 17.0. The number of anilines is 1. The van der Waals surface area contributed by atoms with E-state index >= 15 is 0 Å². The van der Waals surface area contributed by atoms with E-state index in [1.807, 2.05) is 30.3 Å². The molecule has 0 bridgehead atoms. The number of carbonyl (C=O) groups is 1. The van der Waals surface area contributed by atoms with Crippen molar-refractivity contribution in [3.05, 3.63) is 72.2 Å². The third-order valence-electron chi connectivity index (χ3n) is 3.07. The minimum atomic E-state index is -0.398. The van der Waals surface area contributed by atoms with E-state index in [0.29, 0.717) is 17.1 Å². The van der Waals surface area contributed by atoms with Gasteiger partial charge in [0.1, 0.15) is 5.82 Å². The maximum Gasteiger partial charge on any atom is 0.230 e. The Morgan fingerprint density at radius 1 is 1.09 bits per heavy atom. The summed E-state index contributed by atoms with van der Waals surface area (Å²) in [6.07, 6.45) is 0.0623. The van der Waals surface area contributed by atoms with Crippen LogP contribution in [-0.2, 0) is 11.2 Å². The van der Waals surface area contributed by atoms with Crippen molar-refractivity contribution in [3.8, 4) is 11.3 Å². The van der Waals surface area contributed by atoms with Gasteiger partial charge in [-0.05, 0) is 18.2 Å². The van der Waals surface area contributed by atoms with E-state index in [0.717, 1.165) is 5.56 Å². The normalized spacial score (nSPS) is 10.4. The first kappa shape index (κ1) is 14.0. The number of benzene rings is 2. The van der Waals surface area contributed by atoms with E-state index in [9.17, 15) is 9.18 Å². The molecule has 1 amide bonds. The molecule has 0 fully saturated rings. The second kappa shape index (κ2) is 6.22. The van der Waals surface area contributed by atoms with Gasteiger partial charge in [0.25, 0.3) is 0 Å². The average Bonchev–Trinajstić information content (AvgIpc) is 2.96. The number of amides is 1. The summed E-state index contributed by atoms with van der Waals surface area (Å²) in [7, 11) is 0. The molecule has 1 N–H and O–H groups in total. The van der Waals surface area contributed by atoms with E-state index < -0.39 is 5.82 Å². The van der Waals surface area contributed by atoms with Crippen LogP contribution in [0.3, 0.4) is 0 Å². The molecule has 0 saturated heterocycles. The number of halogens is 1. The number of nitrogens with zero attached hydrogens (tertiary/aromatic N) is 1. The van der Waals surface area contributed by atoms with Gasteiger partial charge in [-0.1, -0.05) is 41.6 Å². The summed E-state index contributed by atoms with van der Waals surface area (Å²) in [4.78, 5) is 11.9. The summed E-state index contributed by atoms with van der Waals surface area (Å²) in [5.74, 6) is -0.0710. The van der Waals surface area contributed by atoms with E-state index in [1.165, 1.54) is 18.2 Å². The van der Waals surface area contributed by atoms with Crippen molar-refractivity contribution in [1.29, 1.82) is 0 Å². The van der Waals surface area contributed by atoms with Gasteiger partial charge < -0.3 is 9.84 Å². The van der Waals surface area contributed by atoms with E-state index in [-0.39, 0.29) is 12.3 Å². The molecule has 0 radical (unpaired) electrons. The molecule has 110 valence electrons. The summed E-state index contributed by atoms with van der Waals surface area (Å²) >= 11 is 0. The van der Waals surface area contributed by atoms with Crippen LogP contribution in [0.4, 0.5) is 10.1 Å². The lowest BCUT2D eigenvalue weighted by atomic mass is 10.1. The highest BCUT2D eigenvalue weighted by molar-refractivity contribution is 5.92. The topological polar surface area (TPSA) is 55.1 Å². The molecule has 1 heterocycles. The Kier molecular flexibility index (Phi) is 3.96. The van der Waals surface area contributed by atoms with Crippen LogP contribution >= 0.6 is 0 Å². The number of hydrogen-bond donors (Lipinski definition) is 1. The smallest absolute Gasteiger partial charge is 0.230 e. The first-order chi connectivity index (χ1) is 10.7. The lowest BCUT2D eigenvalue weighted by Gasteiger charge is -2.03. The molecule has 3 aromatic rings. The van der Waals surface area contributed by atoms with Crippen LogP contribution in [0.25, 0.3) is 11.3 Å². The van der Waals surface area contributed by atoms with Gasteiger partial charge in [0.15, 0.2) is 5.76 Å². The zero-order valence-corrected chi connectivity index (χ0v) is 11.6. The van der Waals surface area contributed by atoms with Gasteiger partial charge in [-0.25, -0.2) is 4.39 Å². The minimum Gasteiger partial charge on any atom is -0.356 e. The number of hydrogen-bond acceptors (Lipinski definition) is 3. The second-order valence-corrected chi connectivity index (χ2v) is 4.78. The Morgan fingerprint density at radius 3 is 2.68 bits per heavy atom. The van der Waals surface area contributed by atoms with Crippen LogP contribution in [0.2, 0.25) is 0 Å². The second-order valence-electron chi connectivity index (χ2n) is 4.78. The molecule has 0 saturated carbocycles. The van der Waals surface area contributed by atoms with Crippen molar-refractivity contribution in [2.24, 2.45) is 0 Å². The molecule has 0 aliphatic carbocycles. The quantitative estimate of drug-likeness (QED) is 0.799. The molecule has 4 nitrogen and oxygen atoms in total. The fourth-order valence-corrected chi connectivity index (χ4v) is 2.07. The van der Waals surface area contributed by atoms with Gasteiger partial charge in [-0.2, -0.15) is 0 Å². The van der Waals surface area contributed by atoms with Crippen molar-refractivity contribution in [1.82, 2.24) is 5.16 Å². The molecule has 0 spiro atoms. The molecule has 3 rings (SSSR count). The van der Waals surface area contributed by atoms with Gasteiger partial charge in [0, 0.05) is 17.3 Å². The molecular weight excluding hydrogens is 283 g/mol. The summed E-state index contributed by atoms with van der Waals surface area (Å²) in [6.45, 7) is 0. The van der Waals surface area contributed by atoms with Gasteiger partial charge >= 0.3 is 0 Å². The SMILES string of the molecule is O=C(Cc1cc(-c2ccccc2)on1)Nc1cccc(F)c1.